The van der Waals surface area contributed by atoms with E-state index in [9.17, 15) is 0 Å². The lowest BCUT2D eigenvalue weighted by molar-refractivity contribution is 1.07. The number of nitrogens with one attached hydrogen (secondary N) is 1. The molecular weight excluding hydrogens is 180 g/mol. The zero-order valence-corrected chi connectivity index (χ0v) is 6.48. The van der Waals surface area contributed by atoms with Crippen LogP contribution in [0.15, 0.2) is 18.8 Å². The van der Waals surface area contributed by atoms with Crippen LogP contribution < -0.4 is 0 Å². The van der Waals surface area contributed by atoms with Gasteiger partial charge in [0, 0.05) is 11.5 Å². The first-order valence-electron chi connectivity index (χ1n) is 2.58. The lowest BCUT2D eigenvalue weighted by atomic mass is 10.2. The molecule has 3 heteroatoms. The summed E-state index contributed by atoms with van der Waals surface area (Å²) in [7, 11) is 0. The van der Waals surface area contributed by atoms with Crippen molar-refractivity contribution in [3.05, 3.63) is 24.5 Å². The van der Waals surface area contributed by atoms with Gasteiger partial charge < -0.3 is 0 Å². The van der Waals surface area contributed by atoms with Crippen molar-refractivity contribution < 1.29 is 0 Å². The average Bonchev–Trinajstić information content (AvgIpc) is 2.37. The van der Waals surface area contributed by atoms with E-state index in [1.54, 1.807) is 6.20 Å². The van der Waals surface area contributed by atoms with Crippen molar-refractivity contribution in [2.45, 2.75) is 0 Å². The SMILES string of the molecule is C=C(CBr)c1ccn[nH]1. The van der Waals surface area contributed by atoms with Crippen LogP contribution in [0.25, 0.3) is 5.57 Å². The molecule has 1 aromatic rings. The minimum Gasteiger partial charge on any atom is -0.278 e. The summed E-state index contributed by atoms with van der Waals surface area (Å²) in [6, 6.07) is 1.89. The maximum absolute atomic E-state index is 3.80. The smallest absolute Gasteiger partial charge is 0.0612 e. The summed E-state index contributed by atoms with van der Waals surface area (Å²) in [5.41, 5.74) is 2.01. The van der Waals surface area contributed by atoms with Gasteiger partial charge in [-0.1, -0.05) is 22.5 Å². The summed E-state index contributed by atoms with van der Waals surface area (Å²) in [4.78, 5) is 0. The van der Waals surface area contributed by atoms with Crippen LogP contribution in [0.4, 0.5) is 0 Å². The first kappa shape index (κ1) is 6.55. The lowest BCUT2D eigenvalue weighted by Gasteiger charge is -1.92. The number of rotatable bonds is 2. The van der Waals surface area contributed by atoms with Crippen LogP contribution >= 0.6 is 15.9 Å². The topological polar surface area (TPSA) is 28.7 Å². The molecule has 0 spiro atoms. The minimum atomic E-state index is 0.787. The van der Waals surface area contributed by atoms with Crippen molar-refractivity contribution in [1.82, 2.24) is 10.2 Å². The molecule has 0 amide bonds. The molecule has 1 heterocycles. The van der Waals surface area contributed by atoms with Gasteiger partial charge in [0.1, 0.15) is 0 Å². The number of nitrogens with zero attached hydrogens (tertiary/aromatic N) is 1. The highest BCUT2D eigenvalue weighted by molar-refractivity contribution is 9.09. The Morgan fingerprint density at radius 2 is 2.67 bits per heavy atom. The molecule has 1 N–H and O–H groups in total. The number of aromatic amines is 1. The van der Waals surface area contributed by atoms with Crippen LogP contribution in [-0.4, -0.2) is 15.5 Å². The Balaban J connectivity index is 2.77. The van der Waals surface area contributed by atoms with Crippen molar-refractivity contribution in [1.29, 1.82) is 0 Å². The van der Waals surface area contributed by atoms with Gasteiger partial charge in [-0.2, -0.15) is 5.10 Å². The number of alkyl halides is 1. The predicted molar refractivity (Wildman–Crippen MR) is 41.4 cm³/mol. The number of halogens is 1. The fraction of sp³-hybridized carbons (Fsp3) is 0.167. The molecule has 0 saturated carbocycles. The molecular formula is C6H7BrN2. The summed E-state index contributed by atoms with van der Waals surface area (Å²) in [6.07, 6.45) is 1.71. The van der Waals surface area contributed by atoms with Gasteiger partial charge in [0.05, 0.1) is 5.69 Å². The Bertz CT molecular complexity index is 191. The highest BCUT2D eigenvalue weighted by Crippen LogP contribution is 2.09. The van der Waals surface area contributed by atoms with Gasteiger partial charge in [-0.3, -0.25) is 5.10 Å². The lowest BCUT2D eigenvalue weighted by Crippen LogP contribution is -1.82. The third-order valence-corrected chi connectivity index (χ3v) is 1.72. The molecule has 9 heavy (non-hydrogen) atoms. The van der Waals surface area contributed by atoms with E-state index in [1.807, 2.05) is 6.07 Å². The quantitative estimate of drug-likeness (QED) is 0.702. The average molecular weight is 187 g/mol. The van der Waals surface area contributed by atoms with E-state index < -0.39 is 0 Å². The summed E-state index contributed by atoms with van der Waals surface area (Å²) in [5, 5.41) is 7.38. The van der Waals surface area contributed by atoms with Crippen LogP contribution in [0.1, 0.15) is 5.69 Å². The van der Waals surface area contributed by atoms with Crippen molar-refractivity contribution >= 4 is 21.5 Å². The Kier molecular flexibility index (Phi) is 2.05. The minimum absolute atomic E-state index is 0.787. The zero-order chi connectivity index (χ0) is 6.69. The molecule has 0 fully saturated rings. The maximum atomic E-state index is 3.80. The molecule has 48 valence electrons. The number of H-pyrrole nitrogens is 1. The predicted octanol–water partition coefficient (Wildman–Crippen LogP) is 1.82. The number of hydrogen-bond donors (Lipinski definition) is 1. The Morgan fingerprint density at radius 1 is 1.89 bits per heavy atom. The monoisotopic (exact) mass is 186 g/mol. The van der Waals surface area contributed by atoms with Crippen LogP contribution in [-0.2, 0) is 0 Å². The summed E-state index contributed by atoms with van der Waals surface area (Å²) < 4.78 is 0. The molecule has 0 unspecified atom stereocenters. The van der Waals surface area contributed by atoms with Gasteiger partial charge in [0.2, 0.25) is 0 Å². The summed E-state index contributed by atoms with van der Waals surface area (Å²) >= 11 is 3.29. The van der Waals surface area contributed by atoms with E-state index >= 15 is 0 Å². The number of hydrogen-bond acceptors (Lipinski definition) is 1. The molecule has 0 radical (unpaired) electrons. The standard InChI is InChI=1S/C6H7BrN2/c1-5(4-7)6-2-3-8-9-6/h2-3H,1,4H2,(H,8,9). The number of aromatic nitrogens is 2. The van der Waals surface area contributed by atoms with E-state index in [4.69, 9.17) is 0 Å². The summed E-state index contributed by atoms with van der Waals surface area (Å²) in [5.74, 6) is 0. The van der Waals surface area contributed by atoms with Gasteiger partial charge in [-0.05, 0) is 11.6 Å². The van der Waals surface area contributed by atoms with Crippen LogP contribution in [0.3, 0.4) is 0 Å². The molecule has 0 aliphatic carbocycles. The summed E-state index contributed by atoms with van der Waals surface area (Å²) in [6.45, 7) is 3.80. The van der Waals surface area contributed by atoms with Crippen LogP contribution in [0.5, 0.6) is 0 Å². The fourth-order valence-electron chi connectivity index (χ4n) is 0.525. The first-order valence-corrected chi connectivity index (χ1v) is 3.70. The van der Waals surface area contributed by atoms with Gasteiger partial charge >= 0.3 is 0 Å². The van der Waals surface area contributed by atoms with Gasteiger partial charge in [0.15, 0.2) is 0 Å². The third kappa shape index (κ3) is 1.42. The molecule has 0 bridgehead atoms. The molecule has 1 rings (SSSR count). The second-order valence-electron chi connectivity index (χ2n) is 1.71. The first-order chi connectivity index (χ1) is 4.34. The normalized spacial score (nSPS) is 9.44. The van der Waals surface area contributed by atoms with E-state index in [-0.39, 0.29) is 0 Å². The van der Waals surface area contributed by atoms with Crippen molar-refractivity contribution in [2.75, 3.05) is 5.33 Å². The second kappa shape index (κ2) is 2.82. The van der Waals surface area contributed by atoms with Crippen LogP contribution in [0, 0.1) is 0 Å². The van der Waals surface area contributed by atoms with E-state index in [1.165, 1.54) is 0 Å². The highest BCUT2D eigenvalue weighted by Gasteiger charge is 1.94. The van der Waals surface area contributed by atoms with Crippen molar-refractivity contribution in [2.24, 2.45) is 0 Å². The van der Waals surface area contributed by atoms with Crippen molar-refractivity contribution in [3.8, 4) is 0 Å². The van der Waals surface area contributed by atoms with E-state index in [0.717, 1.165) is 16.6 Å². The Hall–Kier alpha value is -0.570. The highest BCUT2D eigenvalue weighted by atomic mass is 79.9. The Labute approximate surface area is 62.1 Å². The van der Waals surface area contributed by atoms with Crippen LogP contribution in [0.2, 0.25) is 0 Å². The second-order valence-corrected chi connectivity index (χ2v) is 2.27. The molecule has 0 saturated heterocycles. The number of allylic oxidation sites excluding steroid dienone is 1. The van der Waals surface area contributed by atoms with Gasteiger partial charge in [-0.15, -0.1) is 0 Å². The molecule has 0 atom stereocenters. The van der Waals surface area contributed by atoms with Gasteiger partial charge in [-0.25, -0.2) is 0 Å². The largest absolute Gasteiger partial charge is 0.278 e. The van der Waals surface area contributed by atoms with E-state index in [0.29, 0.717) is 0 Å². The molecule has 0 aromatic carbocycles. The molecule has 0 aliphatic rings. The molecule has 1 aromatic heterocycles. The maximum Gasteiger partial charge on any atom is 0.0612 e. The molecule has 0 aliphatic heterocycles. The fourth-order valence-corrected chi connectivity index (χ4v) is 0.827. The van der Waals surface area contributed by atoms with E-state index in [2.05, 4.69) is 32.7 Å². The molecule has 2 nitrogen and oxygen atoms in total. The van der Waals surface area contributed by atoms with Gasteiger partial charge in [0.25, 0.3) is 0 Å². The zero-order valence-electron chi connectivity index (χ0n) is 4.89. The van der Waals surface area contributed by atoms with Crippen molar-refractivity contribution in [3.63, 3.8) is 0 Å². The Morgan fingerprint density at radius 3 is 3.11 bits per heavy atom. The third-order valence-electron chi connectivity index (χ3n) is 1.04.